The summed E-state index contributed by atoms with van der Waals surface area (Å²) in [5, 5.41) is 3.23. The first kappa shape index (κ1) is 15.4. The van der Waals surface area contributed by atoms with Gasteiger partial charge in [-0.05, 0) is 31.9 Å². The minimum atomic E-state index is -3.48. The summed E-state index contributed by atoms with van der Waals surface area (Å²) in [7, 11) is -3.48. The van der Waals surface area contributed by atoms with Gasteiger partial charge in [0.1, 0.15) is 0 Å². The second kappa shape index (κ2) is 6.22. The standard InChI is InChI=1S/C14H22N2O3S/c1-10-6-11(2)14(12(3)7-10)20(17,18)16-8-13-9-19-5-4-15-13/h6-7,13,15-16H,4-5,8-9H2,1-3H3. The van der Waals surface area contributed by atoms with Crippen molar-refractivity contribution in [1.82, 2.24) is 10.0 Å². The predicted octanol–water partition coefficient (Wildman–Crippen LogP) is 0.879. The quantitative estimate of drug-likeness (QED) is 0.866. The lowest BCUT2D eigenvalue weighted by atomic mass is 10.1. The Hall–Kier alpha value is -0.950. The van der Waals surface area contributed by atoms with Crippen LogP contribution in [0.15, 0.2) is 17.0 Å². The van der Waals surface area contributed by atoms with Gasteiger partial charge in [0.05, 0.1) is 18.1 Å². The van der Waals surface area contributed by atoms with E-state index in [2.05, 4.69) is 10.0 Å². The molecule has 0 radical (unpaired) electrons. The third-order valence-electron chi connectivity index (χ3n) is 3.39. The Morgan fingerprint density at radius 1 is 1.30 bits per heavy atom. The molecule has 0 bridgehead atoms. The van der Waals surface area contributed by atoms with E-state index in [0.717, 1.165) is 23.2 Å². The summed E-state index contributed by atoms with van der Waals surface area (Å²) >= 11 is 0. The summed E-state index contributed by atoms with van der Waals surface area (Å²) < 4.78 is 32.9. The van der Waals surface area contributed by atoms with E-state index < -0.39 is 10.0 Å². The number of sulfonamides is 1. The first-order valence-electron chi connectivity index (χ1n) is 6.79. The number of ether oxygens (including phenoxy) is 1. The van der Waals surface area contributed by atoms with Gasteiger partial charge in [-0.1, -0.05) is 17.7 Å². The zero-order valence-electron chi connectivity index (χ0n) is 12.2. The maximum absolute atomic E-state index is 12.4. The van der Waals surface area contributed by atoms with Crippen LogP contribution in [0.4, 0.5) is 0 Å². The van der Waals surface area contributed by atoms with Gasteiger partial charge in [-0.15, -0.1) is 0 Å². The molecule has 2 rings (SSSR count). The van der Waals surface area contributed by atoms with Gasteiger partial charge in [0.2, 0.25) is 10.0 Å². The minimum absolute atomic E-state index is 0.0320. The van der Waals surface area contributed by atoms with Crippen molar-refractivity contribution in [3.05, 3.63) is 28.8 Å². The second-order valence-electron chi connectivity index (χ2n) is 5.31. The molecule has 20 heavy (non-hydrogen) atoms. The Morgan fingerprint density at radius 3 is 2.50 bits per heavy atom. The first-order valence-corrected chi connectivity index (χ1v) is 8.27. The fraction of sp³-hybridized carbons (Fsp3) is 0.571. The van der Waals surface area contributed by atoms with Crippen molar-refractivity contribution in [1.29, 1.82) is 0 Å². The lowest BCUT2D eigenvalue weighted by molar-refractivity contribution is 0.0784. The van der Waals surface area contributed by atoms with Gasteiger partial charge in [-0.3, -0.25) is 0 Å². The average Bonchev–Trinajstić information content (AvgIpc) is 2.36. The van der Waals surface area contributed by atoms with Crippen LogP contribution in [0.3, 0.4) is 0 Å². The molecule has 6 heteroatoms. The molecule has 1 fully saturated rings. The van der Waals surface area contributed by atoms with Gasteiger partial charge in [0.25, 0.3) is 0 Å². The molecule has 5 nitrogen and oxygen atoms in total. The van der Waals surface area contributed by atoms with Crippen LogP contribution in [0.2, 0.25) is 0 Å². The molecule has 1 saturated heterocycles. The largest absolute Gasteiger partial charge is 0.378 e. The highest BCUT2D eigenvalue weighted by Gasteiger charge is 2.22. The normalized spacial score (nSPS) is 20.1. The molecule has 2 N–H and O–H groups in total. The SMILES string of the molecule is Cc1cc(C)c(S(=O)(=O)NCC2COCCN2)c(C)c1. The van der Waals surface area contributed by atoms with E-state index in [9.17, 15) is 8.42 Å². The Balaban J connectivity index is 2.14. The van der Waals surface area contributed by atoms with Gasteiger partial charge < -0.3 is 10.1 Å². The number of hydrogen-bond acceptors (Lipinski definition) is 4. The van der Waals surface area contributed by atoms with Gasteiger partial charge in [0.15, 0.2) is 0 Å². The molecule has 112 valence electrons. The van der Waals surface area contributed by atoms with E-state index in [0.29, 0.717) is 24.7 Å². The number of aryl methyl sites for hydroxylation is 3. The van der Waals surface area contributed by atoms with Crippen molar-refractivity contribution >= 4 is 10.0 Å². The minimum Gasteiger partial charge on any atom is -0.378 e. The third kappa shape index (κ3) is 3.58. The van der Waals surface area contributed by atoms with Crippen molar-refractivity contribution < 1.29 is 13.2 Å². The summed E-state index contributed by atoms with van der Waals surface area (Å²) in [6.07, 6.45) is 0. The molecule has 1 aromatic rings. The predicted molar refractivity (Wildman–Crippen MR) is 78.5 cm³/mol. The number of rotatable bonds is 4. The van der Waals surface area contributed by atoms with Crippen LogP contribution in [0.25, 0.3) is 0 Å². The number of benzene rings is 1. The summed E-state index contributed by atoms with van der Waals surface area (Å²) in [5.74, 6) is 0. The van der Waals surface area contributed by atoms with Gasteiger partial charge in [0, 0.05) is 19.1 Å². The molecule has 1 aliphatic heterocycles. The van der Waals surface area contributed by atoms with Gasteiger partial charge >= 0.3 is 0 Å². The molecule has 0 saturated carbocycles. The fourth-order valence-electron chi connectivity index (χ4n) is 2.62. The van der Waals surface area contributed by atoms with Crippen LogP contribution in [0.5, 0.6) is 0 Å². The number of hydrogen-bond donors (Lipinski definition) is 2. The van der Waals surface area contributed by atoms with E-state index in [1.165, 1.54) is 0 Å². The lowest BCUT2D eigenvalue weighted by Crippen LogP contribution is -2.48. The average molecular weight is 298 g/mol. The van der Waals surface area contributed by atoms with Crippen LogP contribution in [-0.4, -0.2) is 40.8 Å². The molecule has 0 aliphatic carbocycles. The zero-order valence-corrected chi connectivity index (χ0v) is 13.0. The van der Waals surface area contributed by atoms with Crippen LogP contribution < -0.4 is 10.0 Å². The van der Waals surface area contributed by atoms with E-state index in [1.807, 2.05) is 32.9 Å². The molecule has 0 aromatic heterocycles. The highest BCUT2D eigenvalue weighted by atomic mass is 32.2. The molecular weight excluding hydrogens is 276 g/mol. The van der Waals surface area contributed by atoms with E-state index in [1.54, 1.807) is 0 Å². The lowest BCUT2D eigenvalue weighted by Gasteiger charge is -2.24. The smallest absolute Gasteiger partial charge is 0.241 e. The van der Waals surface area contributed by atoms with Gasteiger partial charge in [-0.25, -0.2) is 13.1 Å². The highest BCUT2D eigenvalue weighted by molar-refractivity contribution is 7.89. The van der Waals surface area contributed by atoms with Crippen LogP contribution in [0, 0.1) is 20.8 Å². The summed E-state index contributed by atoms with van der Waals surface area (Å²) in [5.41, 5.74) is 2.63. The van der Waals surface area contributed by atoms with Crippen molar-refractivity contribution in [3.63, 3.8) is 0 Å². The molecule has 0 amide bonds. The van der Waals surface area contributed by atoms with E-state index in [4.69, 9.17) is 4.74 Å². The Bertz CT molecular complexity index is 555. The number of morpholine rings is 1. The van der Waals surface area contributed by atoms with Crippen molar-refractivity contribution in [3.8, 4) is 0 Å². The van der Waals surface area contributed by atoms with Crippen LogP contribution in [0.1, 0.15) is 16.7 Å². The maximum atomic E-state index is 12.4. The monoisotopic (exact) mass is 298 g/mol. The highest BCUT2D eigenvalue weighted by Crippen LogP contribution is 2.21. The van der Waals surface area contributed by atoms with Crippen LogP contribution in [-0.2, 0) is 14.8 Å². The second-order valence-corrected chi connectivity index (χ2v) is 7.01. The van der Waals surface area contributed by atoms with E-state index in [-0.39, 0.29) is 6.04 Å². The summed E-state index contributed by atoms with van der Waals surface area (Å²) in [6.45, 7) is 7.94. The third-order valence-corrected chi connectivity index (χ3v) is 5.12. The number of nitrogens with one attached hydrogen (secondary N) is 2. The topological polar surface area (TPSA) is 67.4 Å². The molecule has 1 unspecified atom stereocenters. The molecule has 0 spiro atoms. The Labute approximate surface area is 120 Å². The molecule has 1 heterocycles. The van der Waals surface area contributed by atoms with Crippen molar-refractivity contribution in [2.24, 2.45) is 0 Å². The van der Waals surface area contributed by atoms with Crippen molar-refractivity contribution in [2.45, 2.75) is 31.7 Å². The van der Waals surface area contributed by atoms with E-state index >= 15 is 0 Å². The molecule has 1 aromatic carbocycles. The van der Waals surface area contributed by atoms with Gasteiger partial charge in [-0.2, -0.15) is 0 Å². The van der Waals surface area contributed by atoms with Crippen LogP contribution >= 0.6 is 0 Å². The van der Waals surface area contributed by atoms with Crippen molar-refractivity contribution in [2.75, 3.05) is 26.3 Å². The summed E-state index contributed by atoms with van der Waals surface area (Å²) in [6, 6.07) is 3.82. The molecule has 1 aliphatic rings. The first-order chi connectivity index (χ1) is 9.40. The zero-order chi connectivity index (χ0) is 14.8. The summed E-state index contributed by atoms with van der Waals surface area (Å²) in [4.78, 5) is 0.389. The fourth-order valence-corrected chi connectivity index (χ4v) is 4.15. The Morgan fingerprint density at radius 2 is 1.95 bits per heavy atom. The molecule has 1 atom stereocenters. The Kier molecular flexibility index (Phi) is 4.80. The maximum Gasteiger partial charge on any atom is 0.241 e. The molecular formula is C14H22N2O3S.